The summed E-state index contributed by atoms with van der Waals surface area (Å²) in [6.45, 7) is 7.08. The number of fused-ring (bicyclic) bond motifs is 3. The lowest BCUT2D eigenvalue weighted by Crippen LogP contribution is -2.52. The van der Waals surface area contributed by atoms with Gasteiger partial charge in [-0.25, -0.2) is 15.0 Å². The number of piperazine rings is 1. The van der Waals surface area contributed by atoms with Crippen LogP contribution in [0, 0.1) is 5.92 Å². The zero-order valence-electron chi connectivity index (χ0n) is 20.5. The molecule has 35 heavy (non-hydrogen) atoms. The van der Waals surface area contributed by atoms with Gasteiger partial charge in [0, 0.05) is 58.8 Å². The fourth-order valence-electron chi connectivity index (χ4n) is 5.95. The van der Waals surface area contributed by atoms with Crippen LogP contribution >= 0.6 is 0 Å². The van der Waals surface area contributed by atoms with Gasteiger partial charge in [0.05, 0.1) is 5.92 Å². The maximum absolute atomic E-state index is 13.5. The molecule has 3 aliphatic heterocycles. The Bertz CT molecular complexity index is 1170. The van der Waals surface area contributed by atoms with Crippen LogP contribution in [0.5, 0.6) is 0 Å². The molecule has 2 fully saturated rings. The van der Waals surface area contributed by atoms with Crippen molar-refractivity contribution in [3.05, 3.63) is 48.0 Å². The van der Waals surface area contributed by atoms with Crippen LogP contribution in [0.2, 0.25) is 0 Å². The highest BCUT2D eigenvalue weighted by Crippen LogP contribution is 2.30. The van der Waals surface area contributed by atoms with Crippen molar-refractivity contribution in [2.45, 2.75) is 51.6 Å². The van der Waals surface area contributed by atoms with Crippen LogP contribution in [-0.2, 0) is 24.3 Å². The molecule has 0 N–H and O–H groups in total. The van der Waals surface area contributed by atoms with Crippen molar-refractivity contribution in [1.29, 1.82) is 0 Å². The number of carbonyl (C=O) groups excluding carboxylic acids is 1. The van der Waals surface area contributed by atoms with Gasteiger partial charge in [0.1, 0.15) is 12.2 Å². The van der Waals surface area contributed by atoms with Gasteiger partial charge in [0.2, 0.25) is 5.91 Å². The minimum Gasteiger partial charge on any atom is -0.354 e. The highest BCUT2D eigenvalue weighted by atomic mass is 16.2. The third-order valence-electron chi connectivity index (χ3n) is 7.88. The van der Waals surface area contributed by atoms with E-state index in [0.717, 1.165) is 94.4 Å². The van der Waals surface area contributed by atoms with Crippen LogP contribution in [-0.4, -0.2) is 74.5 Å². The van der Waals surface area contributed by atoms with Crippen molar-refractivity contribution in [3.8, 4) is 0 Å². The Hall–Kier alpha value is -3.00. The summed E-state index contributed by atoms with van der Waals surface area (Å²) in [5.74, 6) is 2.37. The zero-order chi connectivity index (χ0) is 23.6. The molecule has 1 atom stereocenters. The molecule has 3 aliphatic rings. The quantitative estimate of drug-likeness (QED) is 0.580. The van der Waals surface area contributed by atoms with Crippen molar-refractivity contribution in [1.82, 2.24) is 29.3 Å². The maximum atomic E-state index is 13.5. The standard InChI is InChI=1S/C27H35N7O/c35-27(32-16-14-31(15-17-32)18-21-8-3-1-4-9-21)22-10-7-12-33(19-22)25-24-26(29-20-28-25)34-13-6-2-5-11-23(34)30-24/h1,3-4,8-9,20,22H,2,5-7,10-19H2. The van der Waals surface area contributed by atoms with Crippen molar-refractivity contribution >= 4 is 22.9 Å². The predicted octanol–water partition coefficient (Wildman–Crippen LogP) is 3.11. The zero-order valence-corrected chi connectivity index (χ0v) is 20.5. The molecule has 2 aromatic heterocycles. The van der Waals surface area contributed by atoms with Gasteiger partial charge < -0.3 is 14.4 Å². The van der Waals surface area contributed by atoms with Gasteiger partial charge in [-0.1, -0.05) is 36.8 Å². The van der Waals surface area contributed by atoms with Crippen molar-refractivity contribution in [2.75, 3.05) is 44.2 Å². The number of nitrogens with zero attached hydrogens (tertiary/aromatic N) is 7. The molecule has 0 aliphatic carbocycles. The second-order valence-corrected chi connectivity index (χ2v) is 10.2. The molecule has 0 radical (unpaired) electrons. The first kappa shape index (κ1) is 22.5. The Labute approximate surface area is 207 Å². The van der Waals surface area contributed by atoms with E-state index in [0.29, 0.717) is 5.91 Å². The molecule has 3 aromatic rings. The molecular weight excluding hydrogens is 438 g/mol. The monoisotopic (exact) mass is 473 g/mol. The van der Waals surface area contributed by atoms with Gasteiger partial charge in [0.25, 0.3) is 0 Å². The van der Waals surface area contributed by atoms with Crippen molar-refractivity contribution < 1.29 is 4.79 Å². The Kier molecular flexibility index (Phi) is 6.37. The van der Waals surface area contributed by atoms with Crippen LogP contribution < -0.4 is 4.90 Å². The topological polar surface area (TPSA) is 70.4 Å². The summed E-state index contributed by atoms with van der Waals surface area (Å²) < 4.78 is 2.29. The van der Waals surface area contributed by atoms with Crippen LogP contribution in [0.25, 0.3) is 11.2 Å². The lowest BCUT2D eigenvalue weighted by Gasteiger charge is -2.39. The van der Waals surface area contributed by atoms with Gasteiger partial charge in [-0.05, 0) is 31.2 Å². The minimum atomic E-state index is 0.0230. The van der Waals surface area contributed by atoms with Gasteiger partial charge >= 0.3 is 0 Å². The van der Waals surface area contributed by atoms with Crippen molar-refractivity contribution in [3.63, 3.8) is 0 Å². The Morgan fingerprint density at radius 1 is 0.914 bits per heavy atom. The Morgan fingerprint density at radius 3 is 2.63 bits per heavy atom. The molecular formula is C27H35N7O. The average molecular weight is 474 g/mol. The number of piperidine rings is 1. The van der Waals surface area contributed by atoms with Gasteiger partial charge in [-0.2, -0.15) is 0 Å². The molecule has 5 heterocycles. The third kappa shape index (κ3) is 4.63. The molecule has 184 valence electrons. The van der Waals surface area contributed by atoms with E-state index < -0.39 is 0 Å². The smallest absolute Gasteiger partial charge is 0.227 e. The largest absolute Gasteiger partial charge is 0.354 e. The highest BCUT2D eigenvalue weighted by Gasteiger charge is 2.32. The number of benzene rings is 1. The summed E-state index contributed by atoms with van der Waals surface area (Å²) in [6, 6.07) is 10.6. The van der Waals surface area contributed by atoms with E-state index in [2.05, 4.69) is 59.6 Å². The fraction of sp³-hybridized carbons (Fsp3) is 0.556. The summed E-state index contributed by atoms with van der Waals surface area (Å²) in [5, 5.41) is 0. The molecule has 1 unspecified atom stereocenters. The maximum Gasteiger partial charge on any atom is 0.227 e. The van der Waals surface area contributed by atoms with Gasteiger partial charge in [0.15, 0.2) is 17.0 Å². The highest BCUT2D eigenvalue weighted by molar-refractivity contribution is 5.85. The second kappa shape index (κ2) is 9.93. The number of hydrogen-bond donors (Lipinski definition) is 0. The van der Waals surface area contributed by atoms with E-state index in [1.54, 1.807) is 6.33 Å². The van der Waals surface area contributed by atoms with E-state index in [9.17, 15) is 4.79 Å². The fourth-order valence-corrected chi connectivity index (χ4v) is 5.95. The van der Waals surface area contributed by atoms with E-state index in [-0.39, 0.29) is 5.92 Å². The molecule has 0 bridgehead atoms. The van der Waals surface area contributed by atoms with E-state index >= 15 is 0 Å². The molecule has 6 rings (SSSR count). The van der Waals surface area contributed by atoms with Crippen LogP contribution in [0.4, 0.5) is 5.82 Å². The van der Waals surface area contributed by atoms with Crippen LogP contribution in [0.1, 0.15) is 43.5 Å². The normalized spacial score (nSPS) is 21.7. The first-order valence-corrected chi connectivity index (χ1v) is 13.3. The molecule has 8 heteroatoms. The number of anilines is 1. The van der Waals surface area contributed by atoms with Crippen LogP contribution in [0.15, 0.2) is 36.7 Å². The Morgan fingerprint density at radius 2 is 1.77 bits per heavy atom. The Balaban J connectivity index is 1.12. The van der Waals surface area contributed by atoms with Gasteiger partial charge in [-0.15, -0.1) is 0 Å². The summed E-state index contributed by atoms with van der Waals surface area (Å²) in [5.41, 5.74) is 3.20. The van der Waals surface area contributed by atoms with E-state index in [1.165, 1.54) is 24.8 Å². The summed E-state index contributed by atoms with van der Waals surface area (Å²) in [6.07, 6.45) is 8.25. The first-order valence-electron chi connectivity index (χ1n) is 13.3. The number of aryl methyl sites for hydroxylation is 2. The first-order chi connectivity index (χ1) is 17.3. The number of hydrogen-bond acceptors (Lipinski definition) is 6. The number of carbonyl (C=O) groups is 1. The molecule has 1 aromatic carbocycles. The minimum absolute atomic E-state index is 0.0230. The lowest BCUT2D eigenvalue weighted by atomic mass is 9.96. The predicted molar refractivity (Wildman–Crippen MR) is 136 cm³/mol. The molecule has 0 saturated carbocycles. The lowest BCUT2D eigenvalue weighted by molar-refractivity contribution is -0.137. The summed E-state index contributed by atoms with van der Waals surface area (Å²) in [4.78, 5) is 34.6. The molecule has 1 amide bonds. The number of aromatic nitrogens is 4. The number of imidazole rings is 1. The third-order valence-corrected chi connectivity index (χ3v) is 7.88. The van der Waals surface area contributed by atoms with Crippen LogP contribution in [0.3, 0.4) is 0 Å². The summed E-state index contributed by atoms with van der Waals surface area (Å²) >= 11 is 0. The second-order valence-electron chi connectivity index (χ2n) is 10.2. The molecule has 0 spiro atoms. The SMILES string of the molecule is O=C(C1CCCN(c2ncnc3c2nc2n3CCCCC2)C1)N1CCN(Cc2ccccc2)CC1. The molecule has 8 nitrogen and oxygen atoms in total. The average Bonchev–Trinajstić information content (AvgIpc) is 3.10. The number of rotatable bonds is 4. The van der Waals surface area contributed by atoms with E-state index in [4.69, 9.17) is 4.98 Å². The van der Waals surface area contributed by atoms with Crippen molar-refractivity contribution in [2.24, 2.45) is 5.92 Å². The van der Waals surface area contributed by atoms with E-state index in [1.807, 2.05) is 0 Å². The van der Waals surface area contributed by atoms with Gasteiger partial charge in [-0.3, -0.25) is 9.69 Å². The number of amides is 1. The summed E-state index contributed by atoms with van der Waals surface area (Å²) in [7, 11) is 0. The molecule has 2 saturated heterocycles.